The Bertz CT molecular complexity index is 1280. The van der Waals surface area contributed by atoms with Gasteiger partial charge in [0.2, 0.25) is 11.8 Å². The van der Waals surface area contributed by atoms with Gasteiger partial charge >= 0.3 is 0 Å². The number of carbonyl (C=O) groups excluding carboxylic acids is 2. The van der Waals surface area contributed by atoms with E-state index in [0.717, 1.165) is 9.87 Å². The van der Waals surface area contributed by atoms with Gasteiger partial charge < -0.3 is 10.2 Å². The molecule has 36 heavy (non-hydrogen) atoms. The highest BCUT2D eigenvalue weighted by Gasteiger charge is 2.32. The third-order valence-electron chi connectivity index (χ3n) is 5.49. The topological polar surface area (TPSA) is 86.8 Å². The van der Waals surface area contributed by atoms with E-state index < -0.39 is 28.5 Å². The summed E-state index contributed by atoms with van der Waals surface area (Å²) in [5, 5.41) is 3.32. The van der Waals surface area contributed by atoms with E-state index in [1.807, 2.05) is 13.8 Å². The molecule has 0 fully saturated rings. The average molecular weight is 528 g/mol. The minimum atomic E-state index is -4.06. The normalized spacial score (nSPS) is 12.1. The van der Waals surface area contributed by atoms with Crippen molar-refractivity contribution in [2.75, 3.05) is 10.8 Å². The number of nitrogens with one attached hydrogen (secondary N) is 1. The van der Waals surface area contributed by atoms with Gasteiger partial charge in [0, 0.05) is 17.6 Å². The molecule has 0 unspecified atom stereocenters. The lowest BCUT2D eigenvalue weighted by Crippen LogP contribution is -2.52. The van der Waals surface area contributed by atoms with Crippen LogP contribution in [0.5, 0.6) is 0 Å². The first-order chi connectivity index (χ1) is 17.1. The zero-order valence-corrected chi connectivity index (χ0v) is 22.0. The summed E-state index contributed by atoms with van der Waals surface area (Å²) >= 11 is 6.14. The van der Waals surface area contributed by atoms with E-state index in [2.05, 4.69) is 5.32 Å². The molecule has 0 spiro atoms. The summed E-state index contributed by atoms with van der Waals surface area (Å²) < 4.78 is 28.3. The van der Waals surface area contributed by atoms with Crippen LogP contribution in [0.1, 0.15) is 26.3 Å². The summed E-state index contributed by atoms with van der Waals surface area (Å²) in [4.78, 5) is 28.0. The molecular weight excluding hydrogens is 498 g/mol. The van der Waals surface area contributed by atoms with Crippen molar-refractivity contribution >= 4 is 39.1 Å². The lowest BCUT2D eigenvalue weighted by atomic mass is 10.1. The fourth-order valence-corrected chi connectivity index (χ4v) is 5.31. The quantitative estimate of drug-likeness (QED) is 0.421. The zero-order chi connectivity index (χ0) is 26.3. The van der Waals surface area contributed by atoms with Crippen molar-refractivity contribution in [1.82, 2.24) is 10.2 Å². The standard InChI is InChI=1S/C27H30ClN3O4S/c1-20(2)29-27(33)21(3)30(18-22-11-10-12-23(28)17-22)26(32)19-31(24-13-6-4-7-14-24)36(34,35)25-15-8-5-9-16-25/h4-17,20-21H,18-19H2,1-3H3,(H,29,33)/t21-/m1/s1. The summed E-state index contributed by atoms with van der Waals surface area (Å²) in [6, 6.07) is 22.4. The second kappa shape index (κ2) is 12.1. The molecule has 0 heterocycles. The van der Waals surface area contributed by atoms with E-state index in [1.165, 1.54) is 17.0 Å². The molecule has 1 atom stereocenters. The van der Waals surface area contributed by atoms with Gasteiger partial charge in [-0.25, -0.2) is 8.42 Å². The first-order valence-corrected chi connectivity index (χ1v) is 13.4. The zero-order valence-electron chi connectivity index (χ0n) is 20.5. The number of carbonyl (C=O) groups is 2. The van der Waals surface area contributed by atoms with Crippen molar-refractivity contribution in [3.63, 3.8) is 0 Å². The Morgan fingerprint density at radius 3 is 2.08 bits per heavy atom. The molecule has 7 nitrogen and oxygen atoms in total. The van der Waals surface area contributed by atoms with Crippen molar-refractivity contribution in [3.05, 3.63) is 95.5 Å². The van der Waals surface area contributed by atoms with E-state index in [4.69, 9.17) is 11.6 Å². The maximum Gasteiger partial charge on any atom is 0.264 e. The molecule has 3 aromatic rings. The van der Waals surface area contributed by atoms with E-state index >= 15 is 0 Å². The second-order valence-electron chi connectivity index (χ2n) is 8.65. The number of hydrogen-bond donors (Lipinski definition) is 1. The number of para-hydroxylation sites is 1. The van der Waals surface area contributed by atoms with E-state index in [1.54, 1.807) is 79.7 Å². The summed E-state index contributed by atoms with van der Waals surface area (Å²) in [5.41, 5.74) is 1.06. The maximum absolute atomic E-state index is 13.7. The molecule has 0 radical (unpaired) electrons. The van der Waals surface area contributed by atoms with Crippen molar-refractivity contribution in [3.8, 4) is 0 Å². The molecule has 9 heteroatoms. The van der Waals surface area contributed by atoms with Gasteiger partial charge in [-0.05, 0) is 62.7 Å². The molecule has 0 bridgehead atoms. The molecule has 0 aliphatic carbocycles. The summed E-state index contributed by atoms with van der Waals surface area (Å²) in [6.07, 6.45) is 0. The van der Waals surface area contributed by atoms with Crippen LogP contribution in [0.3, 0.4) is 0 Å². The van der Waals surface area contributed by atoms with Crippen LogP contribution in [0.4, 0.5) is 5.69 Å². The number of anilines is 1. The summed E-state index contributed by atoms with van der Waals surface area (Å²) in [7, 11) is -4.06. The highest BCUT2D eigenvalue weighted by atomic mass is 35.5. The predicted molar refractivity (Wildman–Crippen MR) is 142 cm³/mol. The number of sulfonamides is 1. The van der Waals surface area contributed by atoms with Crippen LogP contribution < -0.4 is 9.62 Å². The van der Waals surface area contributed by atoms with Gasteiger partial charge in [0.15, 0.2) is 0 Å². The van der Waals surface area contributed by atoms with E-state index in [-0.39, 0.29) is 23.4 Å². The van der Waals surface area contributed by atoms with Crippen LogP contribution in [0, 0.1) is 0 Å². The predicted octanol–water partition coefficient (Wildman–Crippen LogP) is 4.48. The maximum atomic E-state index is 13.7. The number of benzene rings is 3. The fraction of sp³-hybridized carbons (Fsp3) is 0.259. The van der Waals surface area contributed by atoms with Crippen LogP contribution in [-0.4, -0.2) is 43.8 Å². The van der Waals surface area contributed by atoms with Gasteiger partial charge in [-0.2, -0.15) is 0 Å². The van der Waals surface area contributed by atoms with Gasteiger partial charge in [0.1, 0.15) is 12.6 Å². The smallest absolute Gasteiger partial charge is 0.264 e. The second-order valence-corrected chi connectivity index (χ2v) is 10.9. The highest BCUT2D eigenvalue weighted by Crippen LogP contribution is 2.24. The SMILES string of the molecule is CC(C)NC(=O)[C@@H](C)N(Cc1cccc(Cl)c1)C(=O)CN(c1ccccc1)S(=O)(=O)c1ccccc1. The Morgan fingerprint density at radius 1 is 0.889 bits per heavy atom. The molecule has 2 amide bonds. The highest BCUT2D eigenvalue weighted by molar-refractivity contribution is 7.92. The Balaban J connectivity index is 1.99. The van der Waals surface area contributed by atoms with Crippen molar-refractivity contribution in [2.24, 2.45) is 0 Å². The van der Waals surface area contributed by atoms with Crippen LogP contribution in [0.25, 0.3) is 0 Å². The molecule has 0 saturated heterocycles. The van der Waals surface area contributed by atoms with Gasteiger partial charge in [0.25, 0.3) is 10.0 Å². The molecule has 0 aliphatic heterocycles. The summed E-state index contributed by atoms with van der Waals surface area (Å²) in [5.74, 6) is -0.859. The Labute approximate surface area is 217 Å². The number of rotatable bonds is 10. The number of hydrogen-bond acceptors (Lipinski definition) is 4. The number of nitrogens with zero attached hydrogens (tertiary/aromatic N) is 2. The summed E-state index contributed by atoms with van der Waals surface area (Å²) in [6.45, 7) is 4.88. The molecular formula is C27H30ClN3O4S. The Kier molecular flexibility index (Phi) is 9.12. The molecule has 0 saturated carbocycles. The van der Waals surface area contributed by atoms with E-state index in [9.17, 15) is 18.0 Å². The van der Waals surface area contributed by atoms with Crippen LogP contribution in [-0.2, 0) is 26.2 Å². The monoisotopic (exact) mass is 527 g/mol. The molecule has 3 rings (SSSR count). The van der Waals surface area contributed by atoms with Crippen molar-refractivity contribution in [2.45, 2.75) is 44.3 Å². The third kappa shape index (κ3) is 6.86. The Hall–Kier alpha value is -3.36. The minimum absolute atomic E-state index is 0.0636. The van der Waals surface area contributed by atoms with Gasteiger partial charge in [-0.1, -0.05) is 60.1 Å². The molecule has 0 aliphatic rings. The van der Waals surface area contributed by atoms with Crippen LogP contribution >= 0.6 is 11.6 Å². The van der Waals surface area contributed by atoms with Crippen molar-refractivity contribution < 1.29 is 18.0 Å². The van der Waals surface area contributed by atoms with Gasteiger partial charge in [-0.3, -0.25) is 13.9 Å². The third-order valence-corrected chi connectivity index (χ3v) is 7.52. The lowest BCUT2D eigenvalue weighted by Gasteiger charge is -2.32. The number of amides is 2. The van der Waals surface area contributed by atoms with Crippen molar-refractivity contribution in [1.29, 1.82) is 0 Å². The van der Waals surface area contributed by atoms with Crippen LogP contribution in [0.2, 0.25) is 5.02 Å². The molecule has 0 aromatic heterocycles. The molecule has 3 aromatic carbocycles. The first-order valence-electron chi connectivity index (χ1n) is 11.6. The van der Waals surface area contributed by atoms with E-state index in [0.29, 0.717) is 10.7 Å². The average Bonchev–Trinajstić information content (AvgIpc) is 2.86. The minimum Gasteiger partial charge on any atom is -0.352 e. The largest absolute Gasteiger partial charge is 0.352 e. The van der Waals surface area contributed by atoms with Crippen LogP contribution in [0.15, 0.2) is 89.8 Å². The van der Waals surface area contributed by atoms with Gasteiger partial charge in [-0.15, -0.1) is 0 Å². The molecule has 190 valence electrons. The number of halogens is 1. The fourth-order valence-electron chi connectivity index (χ4n) is 3.66. The molecule has 1 N–H and O–H groups in total. The first kappa shape index (κ1) is 27.2. The Morgan fingerprint density at radius 2 is 1.50 bits per heavy atom. The van der Waals surface area contributed by atoms with Gasteiger partial charge in [0.05, 0.1) is 10.6 Å². The lowest BCUT2D eigenvalue weighted by molar-refractivity contribution is -0.139.